The van der Waals surface area contributed by atoms with Gasteiger partial charge in [0.1, 0.15) is 10.7 Å². The van der Waals surface area contributed by atoms with E-state index in [1.54, 1.807) is 5.38 Å². The number of hydrogen-bond donors (Lipinski definition) is 2. The highest BCUT2D eigenvalue weighted by atomic mass is 35.5. The Labute approximate surface area is 161 Å². The molecule has 1 atom stereocenters. The smallest absolute Gasteiger partial charge is 0.271 e. The van der Waals surface area contributed by atoms with Gasteiger partial charge in [-0.15, -0.1) is 36.2 Å². The fraction of sp³-hybridized carbons (Fsp3) is 0.375. The average molecular weight is 404 g/mol. The molecule has 3 N–H and O–H groups in total. The van der Waals surface area contributed by atoms with Crippen LogP contribution in [-0.4, -0.2) is 30.3 Å². The zero-order valence-corrected chi connectivity index (χ0v) is 15.7. The first-order chi connectivity index (χ1) is 11.2. The van der Waals surface area contributed by atoms with Gasteiger partial charge >= 0.3 is 0 Å². The Kier molecular flexibility index (Phi) is 6.51. The van der Waals surface area contributed by atoms with Crippen LogP contribution in [0.4, 0.5) is 0 Å². The quantitative estimate of drug-likeness (QED) is 0.801. The van der Waals surface area contributed by atoms with Crippen LogP contribution in [0.15, 0.2) is 23.6 Å². The summed E-state index contributed by atoms with van der Waals surface area (Å²) in [5.41, 5.74) is 7.08. The first-order valence-electron chi connectivity index (χ1n) is 7.61. The first-order valence-corrected chi connectivity index (χ1v) is 8.49. The number of nitrogens with one attached hydrogen (secondary N) is 1. The van der Waals surface area contributed by atoms with Gasteiger partial charge in [0.2, 0.25) is 6.79 Å². The van der Waals surface area contributed by atoms with Gasteiger partial charge in [0, 0.05) is 23.5 Å². The van der Waals surface area contributed by atoms with Crippen LogP contribution in [0.25, 0.3) is 10.6 Å². The van der Waals surface area contributed by atoms with Crippen LogP contribution in [0.2, 0.25) is 0 Å². The zero-order chi connectivity index (χ0) is 15.8. The highest BCUT2D eigenvalue weighted by molar-refractivity contribution is 7.13. The van der Waals surface area contributed by atoms with Crippen LogP contribution >= 0.6 is 36.2 Å². The van der Waals surface area contributed by atoms with Gasteiger partial charge in [0.05, 0.1) is 0 Å². The second-order valence-electron chi connectivity index (χ2n) is 5.76. The van der Waals surface area contributed by atoms with Gasteiger partial charge in [-0.3, -0.25) is 4.79 Å². The van der Waals surface area contributed by atoms with E-state index < -0.39 is 0 Å². The summed E-state index contributed by atoms with van der Waals surface area (Å²) in [7, 11) is 0. The third kappa shape index (κ3) is 4.17. The predicted octanol–water partition coefficient (Wildman–Crippen LogP) is 2.85. The summed E-state index contributed by atoms with van der Waals surface area (Å²) in [5, 5.41) is 5.54. The number of amides is 1. The average Bonchev–Trinajstić information content (AvgIpc) is 3.11. The number of nitrogens with two attached hydrogens (primary N) is 1. The summed E-state index contributed by atoms with van der Waals surface area (Å²) in [6.07, 6.45) is 2.28. The maximum absolute atomic E-state index is 12.3. The van der Waals surface area contributed by atoms with Gasteiger partial charge in [0.15, 0.2) is 11.5 Å². The second-order valence-corrected chi connectivity index (χ2v) is 6.62. The SMILES string of the molecule is Cl.Cl.NCC(NC(=O)c1csc(-c2ccc3c(c2)OCO3)n1)C1CC1. The molecule has 2 heterocycles. The van der Waals surface area contributed by atoms with Crippen LogP contribution in [-0.2, 0) is 0 Å². The van der Waals surface area contributed by atoms with Crippen LogP contribution in [0.5, 0.6) is 11.5 Å². The van der Waals surface area contributed by atoms with Crippen molar-refractivity contribution in [2.45, 2.75) is 18.9 Å². The van der Waals surface area contributed by atoms with Gasteiger partial charge in [-0.05, 0) is 37.0 Å². The minimum absolute atomic E-state index is 0. The van der Waals surface area contributed by atoms with Gasteiger partial charge in [-0.1, -0.05) is 0 Å². The van der Waals surface area contributed by atoms with E-state index in [1.807, 2.05) is 18.2 Å². The van der Waals surface area contributed by atoms with E-state index in [0.717, 1.165) is 29.2 Å². The van der Waals surface area contributed by atoms with Gasteiger partial charge in [-0.2, -0.15) is 0 Å². The first kappa shape index (κ1) is 19.8. The Bertz CT molecular complexity index is 752. The highest BCUT2D eigenvalue weighted by Gasteiger charge is 2.31. The Morgan fingerprint density at radius 1 is 1.32 bits per heavy atom. The summed E-state index contributed by atoms with van der Waals surface area (Å²) in [6, 6.07) is 5.71. The Balaban J connectivity index is 0.00000113. The fourth-order valence-corrected chi connectivity index (χ4v) is 3.45. The molecule has 0 saturated heterocycles. The summed E-state index contributed by atoms with van der Waals surface area (Å²) in [4.78, 5) is 16.8. The standard InChI is InChI=1S/C16H17N3O3S.2ClH/c17-6-11(9-1-2-9)18-15(20)12-7-23-16(19-12)10-3-4-13-14(5-10)22-8-21-13;;/h3-5,7,9,11H,1-2,6,8,17H2,(H,18,20);2*1H. The summed E-state index contributed by atoms with van der Waals surface area (Å²) in [6.45, 7) is 0.710. The number of halogens is 2. The maximum Gasteiger partial charge on any atom is 0.271 e. The molecule has 25 heavy (non-hydrogen) atoms. The molecule has 0 bridgehead atoms. The number of ether oxygens (including phenoxy) is 2. The minimum Gasteiger partial charge on any atom is -0.454 e. The highest BCUT2D eigenvalue weighted by Crippen LogP contribution is 2.37. The number of carbonyl (C=O) groups excluding carboxylic acids is 1. The van der Waals surface area contributed by atoms with Crippen LogP contribution in [0.3, 0.4) is 0 Å². The molecule has 1 aromatic carbocycles. The van der Waals surface area contributed by atoms with E-state index in [0.29, 0.717) is 23.9 Å². The Hall–Kier alpha value is -1.54. The normalized spacial score (nSPS) is 15.7. The number of carbonyl (C=O) groups is 1. The molecule has 2 aromatic rings. The van der Waals surface area contributed by atoms with E-state index in [1.165, 1.54) is 11.3 Å². The van der Waals surface area contributed by atoms with Crippen molar-refractivity contribution < 1.29 is 14.3 Å². The lowest BCUT2D eigenvalue weighted by Gasteiger charge is -2.14. The third-order valence-corrected chi connectivity index (χ3v) is 5.01. The number of aromatic nitrogens is 1. The predicted molar refractivity (Wildman–Crippen MR) is 101 cm³/mol. The molecule has 1 saturated carbocycles. The lowest BCUT2D eigenvalue weighted by Crippen LogP contribution is -2.41. The van der Waals surface area contributed by atoms with Gasteiger partial charge in [0.25, 0.3) is 5.91 Å². The van der Waals surface area contributed by atoms with Crippen LogP contribution in [0, 0.1) is 5.92 Å². The molecule has 9 heteroatoms. The molecular formula is C16H19Cl2N3O3S. The molecule has 6 nitrogen and oxygen atoms in total. The summed E-state index contributed by atoms with van der Waals surface area (Å²) < 4.78 is 10.7. The van der Waals surface area contributed by atoms with Crippen LogP contribution in [0.1, 0.15) is 23.3 Å². The van der Waals surface area contributed by atoms with Crippen molar-refractivity contribution in [3.63, 3.8) is 0 Å². The van der Waals surface area contributed by atoms with E-state index in [-0.39, 0.29) is 43.6 Å². The molecule has 1 amide bonds. The third-order valence-electron chi connectivity index (χ3n) is 4.12. The van der Waals surface area contributed by atoms with Crippen LogP contribution < -0.4 is 20.5 Å². The molecule has 1 unspecified atom stereocenters. The largest absolute Gasteiger partial charge is 0.454 e. The van der Waals surface area contributed by atoms with Crippen molar-refractivity contribution in [3.05, 3.63) is 29.3 Å². The van der Waals surface area contributed by atoms with Crippen molar-refractivity contribution in [1.29, 1.82) is 0 Å². The number of benzene rings is 1. The molecule has 1 aliphatic carbocycles. The molecule has 136 valence electrons. The molecule has 1 fully saturated rings. The number of thiazole rings is 1. The fourth-order valence-electron chi connectivity index (χ4n) is 2.65. The van der Waals surface area contributed by atoms with E-state index in [4.69, 9.17) is 15.2 Å². The number of nitrogens with zero attached hydrogens (tertiary/aromatic N) is 1. The minimum atomic E-state index is -0.157. The Morgan fingerprint density at radius 3 is 2.80 bits per heavy atom. The molecule has 0 spiro atoms. The topological polar surface area (TPSA) is 86.5 Å². The second kappa shape index (κ2) is 8.23. The summed E-state index contributed by atoms with van der Waals surface area (Å²) in [5.74, 6) is 1.81. The molecular weight excluding hydrogens is 385 g/mol. The zero-order valence-electron chi connectivity index (χ0n) is 13.3. The van der Waals surface area contributed by atoms with Crippen molar-refractivity contribution in [2.75, 3.05) is 13.3 Å². The van der Waals surface area contributed by atoms with Crippen molar-refractivity contribution in [2.24, 2.45) is 11.7 Å². The summed E-state index contributed by atoms with van der Waals surface area (Å²) >= 11 is 1.44. The molecule has 4 rings (SSSR count). The lowest BCUT2D eigenvalue weighted by molar-refractivity contribution is 0.0929. The van der Waals surface area contributed by atoms with E-state index >= 15 is 0 Å². The van der Waals surface area contributed by atoms with Gasteiger partial charge in [-0.25, -0.2) is 4.98 Å². The van der Waals surface area contributed by atoms with Crippen molar-refractivity contribution >= 4 is 42.1 Å². The molecule has 0 radical (unpaired) electrons. The lowest BCUT2D eigenvalue weighted by atomic mass is 10.2. The molecule has 1 aliphatic heterocycles. The van der Waals surface area contributed by atoms with Gasteiger partial charge < -0.3 is 20.5 Å². The monoisotopic (exact) mass is 403 g/mol. The van der Waals surface area contributed by atoms with Crippen molar-refractivity contribution in [3.8, 4) is 22.1 Å². The number of hydrogen-bond acceptors (Lipinski definition) is 6. The van der Waals surface area contributed by atoms with E-state index in [9.17, 15) is 4.79 Å². The number of rotatable bonds is 5. The van der Waals surface area contributed by atoms with Crippen molar-refractivity contribution in [1.82, 2.24) is 10.3 Å². The molecule has 2 aliphatic rings. The molecule has 1 aromatic heterocycles. The Morgan fingerprint density at radius 2 is 2.08 bits per heavy atom. The maximum atomic E-state index is 12.3. The van der Waals surface area contributed by atoms with E-state index in [2.05, 4.69) is 10.3 Å². The number of fused-ring (bicyclic) bond motifs is 1.